The van der Waals surface area contributed by atoms with Crippen LogP contribution in [0.3, 0.4) is 0 Å². The molecule has 246 valence electrons. The smallest absolute Gasteiger partial charge is 0.405 e. The van der Waals surface area contributed by atoms with Crippen LogP contribution >= 0.6 is 39.1 Å². The van der Waals surface area contributed by atoms with Gasteiger partial charge in [-0.25, -0.2) is 0 Å². The zero-order valence-corrected chi connectivity index (χ0v) is 31.8. The maximum Gasteiger partial charge on any atom is 0.494 e. The van der Waals surface area contributed by atoms with Crippen molar-refractivity contribution in [2.45, 2.75) is 117 Å². The average molecular weight is 734 g/mol. The van der Waals surface area contributed by atoms with Gasteiger partial charge in [-0.2, -0.15) is 10.5 Å². The molecule has 0 aromatic heterocycles. The van der Waals surface area contributed by atoms with E-state index in [1.807, 2.05) is 101 Å². The van der Waals surface area contributed by atoms with Crippen LogP contribution in [0.5, 0.6) is 0 Å². The third kappa shape index (κ3) is 8.35. The highest BCUT2D eigenvalue weighted by Gasteiger charge is 2.63. The predicted octanol–water partition coefficient (Wildman–Crippen LogP) is 7.73. The van der Waals surface area contributed by atoms with Crippen molar-refractivity contribution in [3.05, 3.63) is 62.0 Å². The van der Waals surface area contributed by atoms with E-state index in [0.717, 1.165) is 9.94 Å². The molecule has 5 rings (SSSR count). The van der Waals surface area contributed by atoms with Crippen molar-refractivity contribution in [3.63, 3.8) is 0 Å². The molecule has 2 aromatic carbocycles. The van der Waals surface area contributed by atoms with Crippen LogP contribution in [0.15, 0.2) is 40.9 Å². The second-order valence-electron chi connectivity index (χ2n) is 14.4. The van der Waals surface area contributed by atoms with Crippen LogP contribution in [-0.2, 0) is 27.9 Å². The Kier molecular flexibility index (Phi) is 11.6. The van der Waals surface area contributed by atoms with Gasteiger partial charge in [-0.05, 0) is 119 Å². The predicted molar refractivity (Wildman–Crippen MR) is 188 cm³/mol. The van der Waals surface area contributed by atoms with Crippen molar-refractivity contribution in [1.29, 1.82) is 10.5 Å². The van der Waals surface area contributed by atoms with Gasteiger partial charge in [-0.1, -0.05) is 45.2 Å². The molecule has 14 heteroatoms. The quantitative estimate of drug-likeness (QED) is 0.289. The van der Waals surface area contributed by atoms with Crippen molar-refractivity contribution < 1.29 is 27.9 Å². The Morgan fingerprint density at radius 1 is 0.543 bits per heavy atom. The molecule has 0 radical (unpaired) electrons. The molecule has 0 spiro atoms. The second kappa shape index (κ2) is 13.7. The number of hydrogen-bond donors (Lipinski definition) is 0. The second-order valence-corrected chi connectivity index (χ2v) is 16.2. The third-order valence-corrected chi connectivity index (χ3v) is 10.6. The Hall–Kier alpha value is -1.57. The van der Waals surface area contributed by atoms with Crippen LogP contribution in [0.1, 0.15) is 94.2 Å². The molecule has 3 heterocycles. The monoisotopic (exact) mass is 732 g/mol. The van der Waals surface area contributed by atoms with Gasteiger partial charge < -0.3 is 27.9 Å². The van der Waals surface area contributed by atoms with E-state index in [-0.39, 0.29) is 33.6 Å². The molecule has 0 unspecified atom stereocenters. The molecule has 0 bridgehead atoms. The van der Waals surface area contributed by atoms with Crippen molar-refractivity contribution >= 4 is 65.7 Å². The lowest BCUT2D eigenvalue weighted by Crippen LogP contribution is -2.41. The van der Waals surface area contributed by atoms with Gasteiger partial charge >= 0.3 is 21.1 Å². The SMILES string of the molecule is CC1(C)OB(B2OC(C)(C)C(C)(C)O2)OC1(C)C.CC1(C)OB(c2ccc(C#N)c(Cl)c2)OC1(C)C.N#Cc1ccc(Br)cc1Cl. The first-order valence-corrected chi connectivity index (χ1v) is 16.6. The van der Waals surface area contributed by atoms with E-state index in [1.165, 1.54) is 0 Å². The Balaban J connectivity index is 0.000000196. The molecule has 46 heavy (non-hydrogen) atoms. The van der Waals surface area contributed by atoms with Crippen LogP contribution in [0.4, 0.5) is 0 Å². The van der Waals surface area contributed by atoms with Crippen molar-refractivity contribution in [2.24, 2.45) is 0 Å². The fourth-order valence-electron chi connectivity index (χ4n) is 4.33. The number of benzene rings is 2. The van der Waals surface area contributed by atoms with E-state index in [4.69, 9.17) is 61.7 Å². The number of halogens is 3. The molecule has 0 aliphatic carbocycles. The van der Waals surface area contributed by atoms with Gasteiger partial charge in [-0.3, -0.25) is 0 Å². The first kappa shape index (κ1) is 38.9. The van der Waals surface area contributed by atoms with Gasteiger partial charge in [0.1, 0.15) is 12.1 Å². The summed E-state index contributed by atoms with van der Waals surface area (Å²) in [5.41, 5.74) is -0.402. The first-order valence-electron chi connectivity index (χ1n) is 15.0. The Bertz CT molecular complexity index is 1440. The highest BCUT2D eigenvalue weighted by atomic mass is 79.9. The lowest BCUT2D eigenvalue weighted by molar-refractivity contribution is 0.00578. The average Bonchev–Trinajstić information content (AvgIpc) is 3.38. The summed E-state index contributed by atoms with van der Waals surface area (Å²) in [6.45, 7) is 24.2. The fourth-order valence-corrected chi connectivity index (χ4v) is 5.27. The van der Waals surface area contributed by atoms with Gasteiger partial charge in [-0.15, -0.1) is 0 Å². The summed E-state index contributed by atoms with van der Waals surface area (Å²) in [4.78, 5) is 0. The lowest BCUT2D eigenvalue weighted by atomic mass is 9.49. The number of nitriles is 2. The van der Waals surface area contributed by atoms with Gasteiger partial charge in [0.25, 0.3) is 0 Å². The summed E-state index contributed by atoms with van der Waals surface area (Å²) >= 11 is 14.9. The maximum absolute atomic E-state index is 8.84. The van der Waals surface area contributed by atoms with Crippen molar-refractivity contribution in [3.8, 4) is 12.1 Å². The van der Waals surface area contributed by atoms with Crippen LogP contribution in [-0.4, -0.2) is 54.7 Å². The van der Waals surface area contributed by atoms with Crippen molar-refractivity contribution in [2.75, 3.05) is 0 Å². The molecular formula is C32H42B3BrCl2N2O6. The largest absolute Gasteiger partial charge is 0.494 e. The summed E-state index contributed by atoms with van der Waals surface area (Å²) in [5.74, 6) is 0. The number of nitrogens with zero attached hydrogens (tertiary/aromatic N) is 2. The fraction of sp³-hybridized carbons (Fsp3) is 0.562. The number of hydrogen-bond acceptors (Lipinski definition) is 8. The van der Waals surface area contributed by atoms with Crippen LogP contribution < -0.4 is 5.46 Å². The summed E-state index contributed by atoms with van der Waals surface area (Å²) in [6.07, 6.45) is 0. The number of rotatable bonds is 2. The topological polar surface area (TPSA) is 103 Å². The minimum Gasteiger partial charge on any atom is -0.405 e. The molecule has 3 aliphatic heterocycles. The van der Waals surface area contributed by atoms with Crippen LogP contribution in [0, 0.1) is 22.7 Å². The van der Waals surface area contributed by atoms with E-state index in [9.17, 15) is 0 Å². The van der Waals surface area contributed by atoms with E-state index in [2.05, 4.69) is 15.9 Å². The highest BCUT2D eigenvalue weighted by molar-refractivity contribution is 9.10. The summed E-state index contributed by atoms with van der Waals surface area (Å²) in [5, 5.41) is 18.2. The van der Waals surface area contributed by atoms with E-state index < -0.39 is 21.1 Å². The summed E-state index contributed by atoms with van der Waals surface area (Å²) in [6, 6.07) is 14.4. The van der Waals surface area contributed by atoms with E-state index >= 15 is 0 Å². The molecule has 3 fully saturated rings. The Morgan fingerprint density at radius 2 is 0.870 bits per heavy atom. The normalized spacial score (nSPS) is 22.6. The molecule has 0 N–H and O–H groups in total. The van der Waals surface area contributed by atoms with Crippen LogP contribution in [0.2, 0.25) is 10.0 Å². The molecule has 0 atom stereocenters. The summed E-state index contributed by atoms with van der Waals surface area (Å²) < 4.78 is 36.6. The molecule has 3 aliphatic rings. The molecule has 3 saturated heterocycles. The molecule has 2 aromatic rings. The van der Waals surface area contributed by atoms with Crippen LogP contribution in [0.25, 0.3) is 0 Å². The van der Waals surface area contributed by atoms with Gasteiger partial charge in [0.15, 0.2) is 0 Å². The minimum atomic E-state index is -0.476. The Morgan fingerprint density at radius 3 is 1.20 bits per heavy atom. The Labute approximate surface area is 293 Å². The summed E-state index contributed by atoms with van der Waals surface area (Å²) in [7, 11) is -1.40. The molecule has 0 saturated carbocycles. The van der Waals surface area contributed by atoms with Gasteiger partial charge in [0.2, 0.25) is 0 Å². The zero-order chi connectivity index (χ0) is 35.1. The zero-order valence-electron chi connectivity index (χ0n) is 28.7. The van der Waals surface area contributed by atoms with E-state index in [1.54, 1.807) is 30.3 Å². The molecular weight excluding hydrogens is 692 g/mol. The van der Waals surface area contributed by atoms with Crippen molar-refractivity contribution in [1.82, 2.24) is 0 Å². The maximum atomic E-state index is 8.84. The highest BCUT2D eigenvalue weighted by Crippen LogP contribution is 2.43. The minimum absolute atomic E-state index is 0.360. The standard InChI is InChI=1S/C13H15BClNO2.C12H24B2O4.C7H3BrClN/c1-12(2)13(3,4)18-14(17-12)10-6-5-9(8-16)11(15)7-10;1-9(2)10(3,4)16-13(15-9)14-17-11(5,6)12(7,8)18-14;8-6-2-1-5(4-10)7(9)3-6/h5-7H,1-4H3;1-8H3;1-3H. The van der Waals surface area contributed by atoms with E-state index in [0.29, 0.717) is 21.2 Å². The van der Waals surface area contributed by atoms with Gasteiger partial charge in [0.05, 0.1) is 54.8 Å². The molecule has 0 amide bonds. The molecule has 8 nitrogen and oxygen atoms in total. The lowest BCUT2D eigenvalue weighted by Gasteiger charge is -2.32. The first-order chi connectivity index (χ1) is 20.9. The van der Waals surface area contributed by atoms with Gasteiger partial charge in [0, 0.05) is 4.47 Å². The third-order valence-electron chi connectivity index (χ3n) is 9.46.